The van der Waals surface area contributed by atoms with Crippen LogP contribution in [-0.4, -0.2) is 4.20 Å². The molecule has 0 aromatic heterocycles. The maximum atomic E-state index is 8.65. The number of benzene rings is 1. The van der Waals surface area contributed by atoms with Gasteiger partial charge in [0.1, 0.15) is 0 Å². The molecule has 12 heavy (non-hydrogen) atoms. The molecule has 3 heteroatoms. The Hall–Kier alpha value is -0.850. The monoisotopic (exact) mass is 191 g/mol. The number of rotatable bonds is 0. The first-order chi connectivity index (χ1) is 5.79. The Morgan fingerprint density at radius 2 is 2.33 bits per heavy atom. The zero-order valence-electron chi connectivity index (χ0n) is 6.20. The molecule has 0 radical (unpaired) electrons. The molecule has 0 amide bonds. The van der Waals surface area contributed by atoms with Crippen LogP contribution in [0.2, 0.25) is 0 Å². The second-order valence-corrected chi connectivity index (χ2v) is 4.47. The second kappa shape index (κ2) is 2.89. The summed E-state index contributed by atoms with van der Waals surface area (Å²) >= 11 is 6.72. The van der Waals surface area contributed by atoms with E-state index in [1.165, 1.54) is 10.5 Å². The van der Waals surface area contributed by atoms with E-state index in [2.05, 4.69) is 6.07 Å². The largest absolute Gasteiger partial charge is 0.192 e. The first-order valence-corrected chi connectivity index (χ1v) is 4.76. The van der Waals surface area contributed by atoms with Gasteiger partial charge in [0.15, 0.2) is 0 Å². The van der Waals surface area contributed by atoms with E-state index in [0.717, 1.165) is 16.2 Å². The van der Waals surface area contributed by atoms with Gasteiger partial charge in [-0.25, -0.2) is 0 Å². The van der Waals surface area contributed by atoms with Crippen LogP contribution in [0.15, 0.2) is 23.1 Å². The molecular weight excluding hydrogens is 186 g/mol. The maximum absolute atomic E-state index is 8.65. The normalized spacial score (nSPS) is 14.1. The third-order valence-corrected chi connectivity index (χ3v) is 3.13. The molecule has 0 aliphatic carbocycles. The van der Waals surface area contributed by atoms with E-state index >= 15 is 0 Å². The molecule has 0 bridgehead atoms. The molecular formula is C9H5NS2. The fourth-order valence-corrected chi connectivity index (χ4v) is 2.50. The van der Waals surface area contributed by atoms with Gasteiger partial charge in [0.2, 0.25) is 0 Å². The van der Waals surface area contributed by atoms with E-state index in [9.17, 15) is 0 Å². The van der Waals surface area contributed by atoms with E-state index in [1.54, 1.807) is 11.8 Å². The minimum Gasteiger partial charge on any atom is -0.192 e. The Bertz CT molecular complexity index is 390. The smallest absolute Gasteiger partial charge is 0.0991 e. The fourth-order valence-electron chi connectivity index (χ4n) is 1.20. The van der Waals surface area contributed by atoms with E-state index < -0.39 is 0 Å². The zero-order valence-corrected chi connectivity index (χ0v) is 7.84. The number of hydrogen-bond acceptors (Lipinski definition) is 3. The summed E-state index contributed by atoms with van der Waals surface area (Å²) in [6, 6.07) is 7.84. The molecule has 1 nitrogen and oxygen atoms in total. The molecule has 1 heterocycles. The molecule has 0 fully saturated rings. The lowest BCUT2D eigenvalue weighted by Crippen LogP contribution is -1.84. The van der Waals surface area contributed by atoms with Gasteiger partial charge in [-0.1, -0.05) is 24.0 Å². The number of thiocarbonyl (C=S) groups is 1. The maximum Gasteiger partial charge on any atom is 0.0991 e. The van der Waals surface area contributed by atoms with Crippen molar-refractivity contribution in [3.8, 4) is 6.07 Å². The second-order valence-electron chi connectivity index (χ2n) is 2.59. The SMILES string of the molecule is N#Cc1ccc2c(c1)CC(=S)S2. The lowest BCUT2D eigenvalue weighted by molar-refractivity contribution is 1.26. The molecule has 2 rings (SSSR count). The first kappa shape index (κ1) is 7.78. The number of nitriles is 1. The summed E-state index contributed by atoms with van der Waals surface area (Å²) in [6.45, 7) is 0. The van der Waals surface area contributed by atoms with Crippen molar-refractivity contribution in [2.45, 2.75) is 11.3 Å². The van der Waals surface area contributed by atoms with Gasteiger partial charge >= 0.3 is 0 Å². The summed E-state index contributed by atoms with van der Waals surface area (Å²) in [7, 11) is 0. The lowest BCUT2D eigenvalue weighted by atomic mass is 10.1. The van der Waals surface area contributed by atoms with Crippen LogP contribution < -0.4 is 0 Å². The van der Waals surface area contributed by atoms with Gasteiger partial charge in [-0.05, 0) is 23.8 Å². The summed E-state index contributed by atoms with van der Waals surface area (Å²) in [5.74, 6) is 0. The number of thioether (sulfide) groups is 1. The molecule has 1 aliphatic heterocycles. The Labute approximate surface area is 80.4 Å². The van der Waals surface area contributed by atoms with Crippen LogP contribution in [0, 0.1) is 11.3 Å². The number of fused-ring (bicyclic) bond motifs is 1. The van der Waals surface area contributed by atoms with Crippen LogP contribution in [0.3, 0.4) is 0 Å². The Morgan fingerprint density at radius 3 is 3.08 bits per heavy atom. The highest BCUT2D eigenvalue weighted by Crippen LogP contribution is 2.33. The molecule has 0 N–H and O–H groups in total. The van der Waals surface area contributed by atoms with Gasteiger partial charge in [-0.3, -0.25) is 0 Å². The molecule has 0 unspecified atom stereocenters. The van der Waals surface area contributed by atoms with Crippen molar-refractivity contribution in [2.24, 2.45) is 0 Å². The summed E-state index contributed by atoms with van der Waals surface area (Å²) in [4.78, 5) is 1.21. The van der Waals surface area contributed by atoms with Crippen molar-refractivity contribution in [1.82, 2.24) is 0 Å². The predicted molar refractivity (Wildman–Crippen MR) is 53.3 cm³/mol. The Kier molecular flexibility index (Phi) is 1.87. The minimum absolute atomic E-state index is 0.721. The van der Waals surface area contributed by atoms with Crippen LogP contribution in [0.25, 0.3) is 0 Å². The van der Waals surface area contributed by atoms with Gasteiger partial charge in [0.05, 0.1) is 15.8 Å². The molecule has 1 aromatic rings. The molecule has 0 saturated heterocycles. The van der Waals surface area contributed by atoms with Crippen LogP contribution in [0.4, 0.5) is 0 Å². The quantitative estimate of drug-likeness (QED) is 0.589. The van der Waals surface area contributed by atoms with Gasteiger partial charge in [0, 0.05) is 11.3 Å². The van der Waals surface area contributed by atoms with E-state index in [-0.39, 0.29) is 0 Å². The van der Waals surface area contributed by atoms with Crippen molar-refractivity contribution in [1.29, 1.82) is 5.26 Å². The van der Waals surface area contributed by atoms with Crippen LogP contribution in [-0.2, 0) is 6.42 Å². The van der Waals surface area contributed by atoms with E-state index in [1.807, 2.05) is 18.2 Å². The molecule has 0 atom stereocenters. The van der Waals surface area contributed by atoms with Crippen LogP contribution in [0.5, 0.6) is 0 Å². The van der Waals surface area contributed by atoms with Crippen molar-refractivity contribution in [3.05, 3.63) is 29.3 Å². The average Bonchev–Trinajstić information content (AvgIpc) is 2.43. The predicted octanol–water partition coefficient (Wildman–Crippen LogP) is 2.53. The van der Waals surface area contributed by atoms with Gasteiger partial charge in [-0.15, -0.1) is 0 Å². The molecule has 0 saturated carbocycles. The highest BCUT2D eigenvalue weighted by Gasteiger charge is 2.15. The third-order valence-electron chi connectivity index (χ3n) is 1.75. The summed E-state index contributed by atoms with van der Waals surface area (Å²) < 4.78 is 1.00. The fraction of sp³-hybridized carbons (Fsp3) is 0.111. The molecule has 1 aliphatic rings. The van der Waals surface area contributed by atoms with E-state index in [4.69, 9.17) is 17.5 Å². The van der Waals surface area contributed by atoms with Gasteiger partial charge < -0.3 is 0 Å². The van der Waals surface area contributed by atoms with Crippen LogP contribution in [0.1, 0.15) is 11.1 Å². The van der Waals surface area contributed by atoms with Crippen molar-refractivity contribution < 1.29 is 0 Å². The highest BCUT2D eigenvalue weighted by molar-refractivity contribution is 8.23. The lowest BCUT2D eigenvalue weighted by Gasteiger charge is -1.94. The standard InChI is InChI=1S/C9H5NS2/c10-5-6-1-2-8-7(3-6)4-9(11)12-8/h1-3H,4H2. The first-order valence-electron chi connectivity index (χ1n) is 3.53. The average molecular weight is 191 g/mol. The zero-order chi connectivity index (χ0) is 8.55. The Morgan fingerprint density at radius 1 is 1.50 bits per heavy atom. The molecule has 1 aromatic carbocycles. The summed E-state index contributed by atoms with van der Waals surface area (Å²) in [6.07, 6.45) is 0.838. The molecule has 0 spiro atoms. The topological polar surface area (TPSA) is 23.8 Å². The van der Waals surface area contributed by atoms with E-state index in [0.29, 0.717) is 0 Å². The van der Waals surface area contributed by atoms with Crippen molar-refractivity contribution in [2.75, 3.05) is 0 Å². The number of nitrogens with zero attached hydrogens (tertiary/aromatic N) is 1. The molecule has 58 valence electrons. The van der Waals surface area contributed by atoms with Gasteiger partial charge in [0.25, 0.3) is 0 Å². The van der Waals surface area contributed by atoms with Crippen molar-refractivity contribution >= 4 is 28.2 Å². The summed E-state index contributed by atoms with van der Waals surface area (Å²) in [5, 5.41) is 8.65. The van der Waals surface area contributed by atoms with Gasteiger partial charge in [-0.2, -0.15) is 5.26 Å². The Balaban J connectivity index is 2.50. The minimum atomic E-state index is 0.721. The van der Waals surface area contributed by atoms with Crippen LogP contribution >= 0.6 is 24.0 Å². The van der Waals surface area contributed by atoms with Crippen molar-refractivity contribution in [3.63, 3.8) is 0 Å². The third kappa shape index (κ3) is 1.24. The number of hydrogen-bond donors (Lipinski definition) is 0. The highest BCUT2D eigenvalue weighted by atomic mass is 32.2. The summed E-state index contributed by atoms with van der Waals surface area (Å²) in [5.41, 5.74) is 1.92.